The molecule has 5 nitrogen and oxygen atoms in total. The van der Waals surface area contributed by atoms with E-state index in [0.29, 0.717) is 24.4 Å². The molecule has 0 spiro atoms. The standard InChI is InChI=1S/C17H15NO4S/c19-16(18-7-3-5-12(18)17(20)21)14-8-10-9-22-13-6-2-1-4-11(13)15(10)23-14/h1-2,4,6,8,12H,3,5,7,9H2,(H,20,21). The molecular weight excluding hydrogens is 314 g/mol. The van der Waals surface area contributed by atoms with Gasteiger partial charge in [0.05, 0.1) is 4.88 Å². The van der Waals surface area contributed by atoms with Crippen molar-refractivity contribution < 1.29 is 19.4 Å². The van der Waals surface area contributed by atoms with Gasteiger partial charge in [0.25, 0.3) is 5.91 Å². The van der Waals surface area contributed by atoms with Crippen molar-refractivity contribution in [1.82, 2.24) is 4.90 Å². The molecule has 3 heterocycles. The largest absolute Gasteiger partial charge is 0.488 e. The highest BCUT2D eigenvalue weighted by Crippen LogP contribution is 2.42. The minimum Gasteiger partial charge on any atom is -0.488 e. The quantitative estimate of drug-likeness (QED) is 0.920. The molecule has 1 saturated heterocycles. The van der Waals surface area contributed by atoms with Crippen LogP contribution < -0.4 is 4.74 Å². The Hall–Kier alpha value is -2.34. The molecule has 2 aliphatic heterocycles. The maximum Gasteiger partial charge on any atom is 0.326 e. The lowest BCUT2D eigenvalue weighted by molar-refractivity contribution is -0.141. The number of amides is 1. The molecule has 0 radical (unpaired) electrons. The number of carboxylic acids is 1. The number of carbonyl (C=O) groups excluding carboxylic acids is 1. The van der Waals surface area contributed by atoms with Gasteiger partial charge in [-0.25, -0.2) is 4.79 Å². The number of rotatable bonds is 2. The Bertz CT molecular complexity index is 798. The summed E-state index contributed by atoms with van der Waals surface area (Å²) in [6.07, 6.45) is 1.26. The predicted octanol–water partition coefficient (Wildman–Crippen LogP) is 3.00. The van der Waals surface area contributed by atoms with E-state index in [2.05, 4.69) is 0 Å². The third kappa shape index (κ3) is 2.30. The van der Waals surface area contributed by atoms with E-state index in [-0.39, 0.29) is 5.91 Å². The average molecular weight is 329 g/mol. The molecular formula is C17H15NO4S. The normalized spacial score (nSPS) is 19.0. The van der Waals surface area contributed by atoms with Gasteiger partial charge < -0.3 is 14.7 Å². The van der Waals surface area contributed by atoms with E-state index in [1.807, 2.05) is 30.3 Å². The Labute approximate surface area is 137 Å². The van der Waals surface area contributed by atoms with Crippen LogP contribution in [-0.4, -0.2) is 34.5 Å². The van der Waals surface area contributed by atoms with Gasteiger partial charge in [-0.2, -0.15) is 0 Å². The molecule has 1 atom stereocenters. The molecule has 1 aromatic heterocycles. The van der Waals surface area contributed by atoms with Crippen molar-refractivity contribution in [2.45, 2.75) is 25.5 Å². The molecule has 1 amide bonds. The lowest BCUT2D eigenvalue weighted by atomic mass is 10.1. The highest BCUT2D eigenvalue weighted by molar-refractivity contribution is 7.17. The predicted molar refractivity (Wildman–Crippen MR) is 85.8 cm³/mol. The number of aliphatic carboxylic acids is 1. The highest BCUT2D eigenvalue weighted by atomic mass is 32.1. The van der Waals surface area contributed by atoms with Crippen LogP contribution in [0.1, 0.15) is 28.1 Å². The van der Waals surface area contributed by atoms with E-state index in [9.17, 15) is 14.7 Å². The van der Waals surface area contributed by atoms with Gasteiger partial charge in [0.2, 0.25) is 0 Å². The van der Waals surface area contributed by atoms with Crippen LogP contribution >= 0.6 is 11.3 Å². The van der Waals surface area contributed by atoms with Crippen molar-refractivity contribution in [1.29, 1.82) is 0 Å². The fourth-order valence-corrected chi connectivity index (χ4v) is 4.37. The van der Waals surface area contributed by atoms with E-state index >= 15 is 0 Å². The molecule has 23 heavy (non-hydrogen) atoms. The second-order valence-electron chi connectivity index (χ2n) is 5.74. The molecule has 0 bridgehead atoms. The summed E-state index contributed by atoms with van der Waals surface area (Å²) in [6.45, 7) is 0.948. The topological polar surface area (TPSA) is 66.8 Å². The first kappa shape index (κ1) is 14.3. The zero-order chi connectivity index (χ0) is 16.0. The smallest absolute Gasteiger partial charge is 0.326 e. The van der Waals surface area contributed by atoms with Gasteiger partial charge in [-0.15, -0.1) is 11.3 Å². The number of fused-ring (bicyclic) bond motifs is 3. The number of carbonyl (C=O) groups is 2. The molecule has 1 N–H and O–H groups in total. The van der Waals surface area contributed by atoms with Crippen LogP contribution in [0.3, 0.4) is 0 Å². The minimum atomic E-state index is -0.925. The van der Waals surface area contributed by atoms with Crippen LogP contribution in [0.2, 0.25) is 0 Å². The van der Waals surface area contributed by atoms with Crippen LogP contribution in [0.4, 0.5) is 0 Å². The summed E-state index contributed by atoms with van der Waals surface area (Å²) in [7, 11) is 0. The minimum absolute atomic E-state index is 0.188. The Balaban J connectivity index is 1.69. The summed E-state index contributed by atoms with van der Waals surface area (Å²) < 4.78 is 5.72. The van der Waals surface area contributed by atoms with E-state index in [4.69, 9.17) is 4.74 Å². The van der Waals surface area contributed by atoms with Crippen molar-refractivity contribution >= 4 is 23.2 Å². The molecule has 2 aliphatic rings. The highest BCUT2D eigenvalue weighted by Gasteiger charge is 2.35. The number of thiophene rings is 1. The lowest BCUT2D eigenvalue weighted by Crippen LogP contribution is -2.40. The van der Waals surface area contributed by atoms with Gasteiger partial charge in [-0.1, -0.05) is 12.1 Å². The summed E-state index contributed by atoms with van der Waals surface area (Å²) in [5.41, 5.74) is 1.98. The second-order valence-corrected chi connectivity index (χ2v) is 6.80. The van der Waals surface area contributed by atoms with Gasteiger partial charge in [0.1, 0.15) is 18.4 Å². The summed E-state index contributed by atoms with van der Waals surface area (Å²) >= 11 is 1.42. The van der Waals surface area contributed by atoms with E-state index in [0.717, 1.165) is 28.2 Å². The third-order valence-corrected chi connectivity index (χ3v) is 5.53. The first-order valence-corrected chi connectivity index (χ1v) is 8.35. The Kier molecular flexibility index (Phi) is 3.34. The first-order valence-electron chi connectivity index (χ1n) is 7.54. The summed E-state index contributed by atoms with van der Waals surface area (Å²) in [6, 6.07) is 8.90. The second kappa shape index (κ2) is 5.38. The zero-order valence-corrected chi connectivity index (χ0v) is 13.1. The van der Waals surface area contributed by atoms with Gasteiger partial charge in [-0.05, 0) is 31.0 Å². The lowest BCUT2D eigenvalue weighted by Gasteiger charge is -2.20. The van der Waals surface area contributed by atoms with Crippen molar-refractivity contribution in [3.8, 4) is 16.2 Å². The fraction of sp³-hybridized carbons (Fsp3) is 0.294. The van der Waals surface area contributed by atoms with Crippen molar-refractivity contribution in [2.75, 3.05) is 6.54 Å². The number of likely N-dealkylation sites (tertiary alicyclic amines) is 1. The van der Waals surface area contributed by atoms with E-state index < -0.39 is 12.0 Å². The number of hydrogen-bond acceptors (Lipinski definition) is 4. The number of hydrogen-bond donors (Lipinski definition) is 1. The Morgan fingerprint density at radius 2 is 2.13 bits per heavy atom. The maximum atomic E-state index is 12.7. The molecule has 0 saturated carbocycles. The van der Waals surface area contributed by atoms with Crippen molar-refractivity contribution in [3.63, 3.8) is 0 Å². The zero-order valence-electron chi connectivity index (χ0n) is 12.3. The average Bonchev–Trinajstić information content (AvgIpc) is 3.21. The maximum absolute atomic E-state index is 12.7. The molecule has 0 aliphatic carbocycles. The summed E-state index contributed by atoms with van der Waals surface area (Å²) in [4.78, 5) is 27.1. The number of benzene rings is 1. The monoisotopic (exact) mass is 329 g/mol. The van der Waals surface area contributed by atoms with Gasteiger partial charge in [0, 0.05) is 22.5 Å². The molecule has 1 fully saturated rings. The molecule has 6 heteroatoms. The molecule has 1 unspecified atom stereocenters. The van der Waals surface area contributed by atoms with E-state index in [1.165, 1.54) is 16.2 Å². The van der Waals surface area contributed by atoms with Crippen LogP contribution in [0.5, 0.6) is 5.75 Å². The van der Waals surface area contributed by atoms with Crippen LogP contribution in [0.25, 0.3) is 10.4 Å². The Morgan fingerprint density at radius 3 is 2.96 bits per heavy atom. The molecule has 2 aromatic rings. The van der Waals surface area contributed by atoms with Gasteiger partial charge >= 0.3 is 5.97 Å². The van der Waals surface area contributed by atoms with Crippen molar-refractivity contribution in [2.24, 2.45) is 0 Å². The van der Waals surface area contributed by atoms with Crippen LogP contribution in [0.15, 0.2) is 30.3 Å². The van der Waals surface area contributed by atoms with Crippen LogP contribution in [-0.2, 0) is 11.4 Å². The van der Waals surface area contributed by atoms with Gasteiger partial charge in [0.15, 0.2) is 0 Å². The number of para-hydroxylation sites is 1. The summed E-state index contributed by atoms with van der Waals surface area (Å²) in [5.74, 6) is -0.289. The first-order chi connectivity index (χ1) is 11.1. The molecule has 118 valence electrons. The van der Waals surface area contributed by atoms with Crippen LogP contribution in [0, 0.1) is 0 Å². The summed E-state index contributed by atoms with van der Waals surface area (Å²) in [5, 5.41) is 9.26. The number of carboxylic acid groups (broad SMARTS) is 1. The third-order valence-electron chi connectivity index (χ3n) is 4.33. The SMILES string of the molecule is O=C(O)C1CCCN1C(=O)c1cc2c(s1)-c1ccccc1OC2. The Morgan fingerprint density at radius 1 is 1.30 bits per heavy atom. The molecule has 1 aromatic carbocycles. The fourth-order valence-electron chi connectivity index (χ4n) is 3.21. The van der Waals surface area contributed by atoms with Gasteiger partial charge in [-0.3, -0.25) is 4.79 Å². The van der Waals surface area contributed by atoms with Crippen molar-refractivity contribution in [3.05, 3.63) is 40.8 Å². The number of nitrogens with zero attached hydrogens (tertiary/aromatic N) is 1. The molecule has 4 rings (SSSR count). The van der Waals surface area contributed by atoms with E-state index in [1.54, 1.807) is 0 Å². The number of ether oxygens (including phenoxy) is 1.